The van der Waals surface area contributed by atoms with Crippen molar-refractivity contribution in [2.45, 2.75) is 90.9 Å². The quantitative estimate of drug-likeness (QED) is 0.227. The Labute approximate surface area is 230 Å². The third-order valence-corrected chi connectivity index (χ3v) is 8.08. The smallest absolute Gasteiger partial charge is 0.154 e. The highest BCUT2D eigenvalue weighted by molar-refractivity contribution is 5.95. The van der Waals surface area contributed by atoms with E-state index in [1.165, 1.54) is 0 Å². The molecule has 2 aromatic rings. The molecular weight excluding hydrogens is 472 g/mol. The molecule has 38 heavy (non-hydrogen) atoms. The molecule has 0 aromatic heterocycles. The number of rotatable bonds is 16. The number of fused-ring (bicyclic) bond motifs is 2. The molecule has 2 heterocycles. The number of carbonyl (C=O) groups is 1. The maximum atomic E-state index is 14.0. The minimum absolute atomic E-state index is 0.221. The van der Waals surface area contributed by atoms with Crippen molar-refractivity contribution in [2.75, 3.05) is 49.2 Å². The first-order chi connectivity index (χ1) is 18.6. The van der Waals surface area contributed by atoms with Gasteiger partial charge in [-0.3, -0.25) is 4.79 Å². The van der Waals surface area contributed by atoms with Crippen LogP contribution in [0.4, 0.5) is 11.4 Å². The Morgan fingerprint density at radius 3 is 1.37 bits per heavy atom. The summed E-state index contributed by atoms with van der Waals surface area (Å²) in [5, 5.41) is 0. The van der Waals surface area contributed by atoms with Crippen LogP contribution in [0.15, 0.2) is 36.4 Å². The number of Topliss-reactive ketones (excluding diaryl/α,β-unsaturated/α-hetero) is 1. The van der Waals surface area contributed by atoms with E-state index in [0.29, 0.717) is 13.2 Å². The van der Waals surface area contributed by atoms with E-state index < -0.39 is 0 Å². The van der Waals surface area contributed by atoms with Crippen molar-refractivity contribution in [3.63, 3.8) is 0 Å². The van der Waals surface area contributed by atoms with Gasteiger partial charge >= 0.3 is 0 Å². The fourth-order valence-electron chi connectivity index (χ4n) is 5.77. The fraction of sp³-hybridized carbons (Fsp3) is 0.606. The minimum atomic E-state index is -0.247. The van der Waals surface area contributed by atoms with Crippen LogP contribution < -0.4 is 19.3 Å². The van der Waals surface area contributed by atoms with Crippen LogP contribution in [0.5, 0.6) is 11.5 Å². The number of hydrogen-bond donors (Lipinski definition) is 0. The summed E-state index contributed by atoms with van der Waals surface area (Å²) in [5.41, 5.74) is 4.38. The molecule has 2 aliphatic rings. The number of benzene rings is 2. The maximum absolute atomic E-state index is 14.0. The molecule has 208 valence electrons. The van der Waals surface area contributed by atoms with Gasteiger partial charge in [0.25, 0.3) is 0 Å². The lowest BCUT2D eigenvalue weighted by atomic mass is 9.85. The second kappa shape index (κ2) is 13.9. The predicted octanol–water partition coefficient (Wildman–Crippen LogP) is 7.72. The van der Waals surface area contributed by atoms with Gasteiger partial charge in [-0.15, -0.1) is 0 Å². The van der Waals surface area contributed by atoms with Crippen molar-refractivity contribution in [1.29, 1.82) is 0 Å². The molecule has 0 saturated carbocycles. The summed E-state index contributed by atoms with van der Waals surface area (Å²) in [6.07, 6.45) is 9.27. The number of para-hydroxylation sites is 2. The van der Waals surface area contributed by atoms with Crippen LogP contribution in [-0.2, 0) is 4.79 Å². The Balaban J connectivity index is 1.57. The topological polar surface area (TPSA) is 42.0 Å². The van der Waals surface area contributed by atoms with Gasteiger partial charge in [0.1, 0.15) is 24.7 Å². The average molecular weight is 521 g/mol. The Morgan fingerprint density at radius 1 is 0.658 bits per heavy atom. The molecular formula is C33H48N2O3. The summed E-state index contributed by atoms with van der Waals surface area (Å²) in [4.78, 5) is 19.0. The molecule has 2 unspecified atom stereocenters. The Hall–Kier alpha value is -2.69. The number of ketones is 1. The lowest BCUT2D eigenvalue weighted by Gasteiger charge is -2.26. The molecule has 4 rings (SSSR count). The number of hydrogen-bond acceptors (Lipinski definition) is 5. The van der Waals surface area contributed by atoms with E-state index in [1.54, 1.807) is 0 Å². The summed E-state index contributed by atoms with van der Waals surface area (Å²) in [6, 6.07) is 12.7. The molecule has 0 bridgehead atoms. The highest BCUT2D eigenvalue weighted by Gasteiger charge is 2.41. The monoisotopic (exact) mass is 520 g/mol. The molecule has 0 radical (unpaired) electrons. The molecule has 5 heteroatoms. The first-order valence-electron chi connectivity index (χ1n) is 15.2. The van der Waals surface area contributed by atoms with E-state index in [9.17, 15) is 4.79 Å². The van der Waals surface area contributed by atoms with E-state index in [0.717, 1.165) is 112 Å². The highest BCUT2D eigenvalue weighted by Crippen LogP contribution is 2.47. The summed E-state index contributed by atoms with van der Waals surface area (Å²) in [5.74, 6) is 1.55. The van der Waals surface area contributed by atoms with Gasteiger partial charge in [-0.05, 0) is 37.8 Å². The van der Waals surface area contributed by atoms with E-state index in [-0.39, 0.29) is 17.6 Å². The molecule has 0 N–H and O–H groups in total. The SMILES string of the molecule is CCCCN(CCCC)c1cccc2c1OCC2C(=O)C1COc2c1cccc2N(CCCC)CCCC. The fourth-order valence-corrected chi connectivity index (χ4v) is 5.77. The van der Waals surface area contributed by atoms with Crippen LogP contribution in [0.1, 0.15) is 102 Å². The van der Waals surface area contributed by atoms with Gasteiger partial charge in [0.15, 0.2) is 5.78 Å². The summed E-state index contributed by atoms with van der Waals surface area (Å²) in [6.45, 7) is 13.9. The number of ether oxygens (including phenoxy) is 2. The van der Waals surface area contributed by atoms with Crippen molar-refractivity contribution >= 4 is 17.2 Å². The first-order valence-corrected chi connectivity index (χ1v) is 15.2. The molecule has 0 aliphatic carbocycles. The zero-order valence-corrected chi connectivity index (χ0v) is 24.1. The van der Waals surface area contributed by atoms with E-state index in [1.807, 2.05) is 0 Å². The first kappa shape index (κ1) is 28.3. The third kappa shape index (κ3) is 6.13. The number of unbranched alkanes of at least 4 members (excludes halogenated alkanes) is 4. The van der Waals surface area contributed by atoms with Gasteiger partial charge in [0.2, 0.25) is 0 Å². The zero-order valence-electron chi connectivity index (χ0n) is 24.1. The van der Waals surface area contributed by atoms with Gasteiger partial charge in [0, 0.05) is 37.3 Å². The van der Waals surface area contributed by atoms with Crippen LogP contribution in [0.3, 0.4) is 0 Å². The van der Waals surface area contributed by atoms with Gasteiger partial charge in [0.05, 0.1) is 23.2 Å². The van der Waals surface area contributed by atoms with Gasteiger partial charge < -0.3 is 19.3 Å². The number of anilines is 2. The summed E-state index contributed by atoms with van der Waals surface area (Å²) >= 11 is 0. The Bertz CT molecular complexity index is 955. The molecule has 0 amide bonds. The van der Waals surface area contributed by atoms with Gasteiger partial charge in [-0.1, -0.05) is 77.6 Å². The third-order valence-electron chi connectivity index (χ3n) is 8.08. The molecule has 2 aromatic carbocycles. The van der Waals surface area contributed by atoms with Crippen molar-refractivity contribution in [2.24, 2.45) is 0 Å². The Kier molecular flexibility index (Phi) is 10.4. The summed E-state index contributed by atoms with van der Waals surface area (Å²) in [7, 11) is 0. The molecule has 5 nitrogen and oxygen atoms in total. The van der Waals surface area contributed by atoms with Gasteiger partial charge in [-0.2, -0.15) is 0 Å². The second-order valence-corrected chi connectivity index (χ2v) is 10.9. The number of nitrogens with zero attached hydrogens (tertiary/aromatic N) is 2. The van der Waals surface area contributed by atoms with Crippen LogP contribution >= 0.6 is 0 Å². The van der Waals surface area contributed by atoms with E-state index in [4.69, 9.17) is 9.47 Å². The highest BCUT2D eigenvalue weighted by atomic mass is 16.5. The Morgan fingerprint density at radius 2 is 1.03 bits per heavy atom. The van der Waals surface area contributed by atoms with Crippen LogP contribution in [-0.4, -0.2) is 45.2 Å². The zero-order chi connectivity index (χ0) is 26.9. The van der Waals surface area contributed by atoms with E-state index in [2.05, 4.69) is 73.9 Å². The second-order valence-electron chi connectivity index (χ2n) is 10.9. The lowest BCUT2D eigenvalue weighted by Crippen LogP contribution is -2.26. The standard InChI is InChI=1S/C33H48N2O3/c1-5-9-19-34(20-10-6-2)29-17-13-15-25-27(23-37-32(25)29)31(36)28-24-38-33-26(28)16-14-18-30(33)35(21-11-7-3)22-12-8-4/h13-18,27-28H,5-12,19-24H2,1-4H3. The van der Waals surface area contributed by atoms with Crippen LogP contribution in [0, 0.1) is 0 Å². The average Bonchev–Trinajstić information content (AvgIpc) is 3.58. The molecule has 2 atom stereocenters. The van der Waals surface area contributed by atoms with Gasteiger partial charge in [-0.25, -0.2) is 0 Å². The summed E-state index contributed by atoms with van der Waals surface area (Å²) < 4.78 is 12.6. The molecule has 0 spiro atoms. The molecule has 2 aliphatic heterocycles. The predicted molar refractivity (Wildman–Crippen MR) is 158 cm³/mol. The van der Waals surface area contributed by atoms with Crippen molar-refractivity contribution < 1.29 is 14.3 Å². The van der Waals surface area contributed by atoms with Crippen molar-refractivity contribution in [3.8, 4) is 11.5 Å². The van der Waals surface area contributed by atoms with Crippen molar-refractivity contribution in [3.05, 3.63) is 47.5 Å². The largest absolute Gasteiger partial charge is 0.490 e. The lowest BCUT2D eigenvalue weighted by molar-refractivity contribution is -0.122. The maximum Gasteiger partial charge on any atom is 0.154 e. The van der Waals surface area contributed by atoms with Crippen LogP contribution in [0.25, 0.3) is 0 Å². The van der Waals surface area contributed by atoms with E-state index >= 15 is 0 Å². The minimum Gasteiger partial charge on any atom is -0.490 e. The van der Waals surface area contributed by atoms with Crippen molar-refractivity contribution in [1.82, 2.24) is 0 Å². The molecule has 0 saturated heterocycles. The molecule has 0 fully saturated rings. The van der Waals surface area contributed by atoms with Crippen LogP contribution in [0.2, 0.25) is 0 Å². The normalized spacial score (nSPS) is 17.5. The number of carbonyl (C=O) groups excluding carboxylic acids is 1.